The van der Waals surface area contributed by atoms with E-state index in [4.69, 9.17) is 11.6 Å². The van der Waals surface area contributed by atoms with Crippen molar-refractivity contribution in [2.45, 2.75) is 10.4 Å². The zero-order valence-corrected chi connectivity index (χ0v) is 17.2. The number of nitrogens with zero attached hydrogens (tertiary/aromatic N) is 1. The molecule has 2 amide bonds. The highest BCUT2D eigenvalue weighted by atomic mass is 35.5. The van der Waals surface area contributed by atoms with Gasteiger partial charge in [-0.15, -0.1) is 11.3 Å². The summed E-state index contributed by atoms with van der Waals surface area (Å²) in [5.41, 5.74) is 0.217. The van der Waals surface area contributed by atoms with E-state index in [0.29, 0.717) is 4.34 Å². The van der Waals surface area contributed by atoms with Crippen LogP contribution in [0.15, 0.2) is 40.6 Å². The third-order valence-corrected chi connectivity index (χ3v) is 6.96. The summed E-state index contributed by atoms with van der Waals surface area (Å²) in [5.74, 6) is -1.56. The normalized spacial score (nSPS) is 12.1. The van der Waals surface area contributed by atoms with Crippen molar-refractivity contribution in [1.82, 2.24) is 9.62 Å². The minimum absolute atomic E-state index is 0.00739. The van der Waals surface area contributed by atoms with Gasteiger partial charge in [-0.1, -0.05) is 11.6 Å². The van der Waals surface area contributed by atoms with Crippen LogP contribution in [0.4, 0.5) is 18.9 Å². The Balaban J connectivity index is 1.94. The fourth-order valence-electron chi connectivity index (χ4n) is 2.07. The first-order valence-corrected chi connectivity index (χ1v) is 10.5. The number of thiophene rings is 1. The molecule has 2 rings (SSSR count). The molecule has 29 heavy (non-hydrogen) atoms. The van der Waals surface area contributed by atoms with Crippen LogP contribution in [-0.4, -0.2) is 50.9 Å². The summed E-state index contributed by atoms with van der Waals surface area (Å²) in [7, 11) is -2.65. The summed E-state index contributed by atoms with van der Waals surface area (Å²) in [5, 5.41) is 4.17. The Labute approximate surface area is 173 Å². The zero-order chi connectivity index (χ0) is 21.8. The number of anilines is 1. The van der Waals surface area contributed by atoms with Crippen molar-refractivity contribution in [2.24, 2.45) is 0 Å². The molecule has 0 radical (unpaired) electrons. The largest absolute Gasteiger partial charge is 0.405 e. The van der Waals surface area contributed by atoms with Gasteiger partial charge in [0.25, 0.3) is 15.9 Å². The molecular formula is C16H15ClF3N3O4S2. The van der Waals surface area contributed by atoms with Crippen LogP contribution in [0, 0.1) is 0 Å². The third-order valence-electron chi connectivity index (χ3n) is 3.46. The molecule has 1 aromatic carbocycles. The minimum Gasteiger partial charge on any atom is -0.343 e. The second-order valence-electron chi connectivity index (χ2n) is 5.74. The molecule has 2 aromatic rings. The Hall–Kier alpha value is -2.15. The molecule has 7 nitrogen and oxygen atoms in total. The van der Waals surface area contributed by atoms with Gasteiger partial charge in [0.05, 0.1) is 10.9 Å². The number of carbonyl (C=O) groups is 2. The highest BCUT2D eigenvalue weighted by molar-refractivity contribution is 7.91. The molecule has 0 unspecified atom stereocenters. The van der Waals surface area contributed by atoms with Crippen LogP contribution in [-0.2, 0) is 14.8 Å². The van der Waals surface area contributed by atoms with E-state index < -0.39 is 41.1 Å². The molecule has 0 spiro atoms. The number of alkyl halides is 3. The number of carbonyl (C=O) groups excluding carboxylic acids is 2. The van der Waals surface area contributed by atoms with Gasteiger partial charge in [0, 0.05) is 18.3 Å². The fourth-order valence-corrected chi connectivity index (χ4v) is 4.89. The number of hydrogen-bond acceptors (Lipinski definition) is 5. The number of halogens is 4. The molecule has 0 aliphatic rings. The van der Waals surface area contributed by atoms with E-state index in [-0.39, 0.29) is 15.5 Å². The van der Waals surface area contributed by atoms with Gasteiger partial charge < -0.3 is 10.6 Å². The Morgan fingerprint density at radius 1 is 1.14 bits per heavy atom. The van der Waals surface area contributed by atoms with E-state index in [1.165, 1.54) is 43.4 Å². The average Bonchev–Trinajstić information content (AvgIpc) is 3.06. The first-order valence-electron chi connectivity index (χ1n) is 7.85. The van der Waals surface area contributed by atoms with Crippen molar-refractivity contribution < 1.29 is 31.2 Å². The Morgan fingerprint density at radius 2 is 1.76 bits per heavy atom. The lowest BCUT2D eigenvalue weighted by molar-refractivity contribution is -0.123. The minimum atomic E-state index is -4.52. The molecule has 1 heterocycles. The van der Waals surface area contributed by atoms with Crippen LogP contribution in [0.3, 0.4) is 0 Å². The SMILES string of the molecule is CN(CC(=O)Nc1ccc(C(=O)NCC(F)(F)F)cc1)S(=O)(=O)c1ccc(Cl)s1. The summed E-state index contributed by atoms with van der Waals surface area (Å²) in [6, 6.07) is 7.85. The van der Waals surface area contributed by atoms with Gasteiger partial charge in [0.2, 0.25) is 5.91 Å². The molecule has 0 aliphatic carbocycles. The standard InChI is InChI=1S/C16H15ClF3N3O4S2/c1-23(29(26,27)14-7-6-12(17)28-14)8-13(24)22-11-4-2-10(3-5-11)15(25)21-9-16(18,19)20/h2-7H,8-9H2,1H3,(H,21,25)(H,22,24). The predicted octanol–water partition coefficient (Wildman–Crippen LogP) is 2.95. The second-order valence-corrected chi connectivity index (χ2v) is 9.73. The van der Waals surface area contributed by atoms with Crippen LogP contribution < -0.4 is 10.6 Å². The third kappa shape index (κ3) is 6.70. The maximum atomic E-state index is 12.4. The average molecular weight is 470 g/mol. The van der Waals surface area contributed by atoms with Crippen LogP contribution in [0.2, 0.25) is 4.34 Å². The van der Waals surface area contributed by atoms with E-state index >= 15 is 0 Å². The van der Waals surface area contributed by atoms with Crippen LogP contribution >= 0.6 is 22.9 Å². The maximum Gasteiger partial charge on any atom is 0.405 e. The molecule has 0 atom stereocenters. The summed E-state index contributed by atoms with van der Waals surface area (Å²) in [6.07, 6.45) is -4.52. The number of sulfonamides is 1. The highest BCUT2D eigenvalue weighted by Gasteiger charge is 2.28. The van der Waals surface area contributed by atoms with Gasteiger partial charge in [-0.3, -0.25) is 9.59 Å². The molecule has 1 aromatic heterocycles. The van der Waals surface area contributed by atoms with Crippen molar-refractivity contribution in [3.05, 3.63) is 46.3 Å². The first-order chi connectivity index (χ1) is 13.4. The molecule has 0 aliphatic heterocycles. The van der Waals surface area contributed by atoms with Gasteiger partial charge >= 0.3 is 6.18 Å². The van der Waals surface area contributed by atoms with Crippen LogP contribution in [0.5, 0.6) is 0 Å². The monoisotopic (exact) mass is 469 g/mol. The van der Waals surface area contributed by atoms with E-state index in [1.807, 2.05) is 0 Å². The van der Waals surface area contributed by atoms with Crippen molar-refractivity contribution in [3.63, 3.8) is 0 Å². The van der Waals surface area contributed by atoms with Crippen LogP contribution in [0.25, 0.3) is 0 Å². The summed E-state index contributed by atoms with van der Waals surface area (Å²) < 4.78 is 62.2. The van der Waals surface area contributed by atoms with E-state index in [2.05, 4.69) is 5.32 Å². The van der Waals surface area contributed by atoms with E-state index in [0.717, 1.165) is 15.6 Å². The molecular weight excluding hydrogens is 455 g/mol. The Bertz CT molecular complexity index is 992. The highest BCUT2D eigenvalue weighted by Crippen LogP contribution is 2.27. The number of likely N-dealkylation sites (N-methyl/N-ethyl adjacent to an activating group) is 1. The van der Waals surface area contributed by atoms with Gasteiger partial charge in [0.15, 0.2) is 0 Å². The molecule has 0 bridgehead atoms. The van der Waals surface area contributed by atoms with Crippen molar-refractivity contribution in [1.29, 1.82) is 0 Å². The Kier molecular flexibility index (Phi) is 7.27. The molecule has 0 saturated carbocycles. The lowest BCUT2D eigenvalue weighted by Gasteiger charge is -2.15. The van der Waals surface area contributed by atoms with Crippen molar-refractivity contribution in [2.75, 3.05) is 25.5 Å². The molecule has 0 saturated heterocycles. The first kappa shape index (κ1) is 23.1. The molecule has 2 N–H and O–H groups in total. The lowest BCUT2D eigenvalue weighted by atomic mass is 10.2. The van der Waals surface area contributed by atoms with Gasteiger partial charge in [-0.2, -0.15) is 17.5 Å². The van der Waals surface area contributed by atoms with Crippen LogP contribution in [0.1, 0.15) is 10.4 Å². The smallest absolute Gasteiger partial charge is 0.343 e. The van der Waals surface area contributed by atoms with Crippen molar-refractivity contribution in [3.8, 4) is 0 Å². The second kappa shape index (κ2) is 9.11. The van der Waals surface area contributed by atoms with Gasteiger partial charge in [0.1, 0.15) is 10.8 Å². The predicted molar refractivity (Wildman–Crippen MR) is 103 cm³/mol. The molecule has 158 valence electrons. The fraction of sp³-hybridized carbons (Fsp3) is 0.250. The van der Waals surface area contributed by atoms with Gasteiger partial charge in [-0.05, 0) is 36.4 Å². The number of nitrogens with one attached hydrogen (secondary N) is 2. The Morgan fingerprint density at radius 3 is 2.28 bits per heavy atom. The quantitative estimate of drug-likeness (QED) is 0.651. The van der Waals surface area contributed by atoms with E-state index in [1.54, 1.807) is 5.32 Å². The number of amides is 2. The van der Waals surface area contributed by atoms with Crippen molar-refractivity contribution >= 4 is 50.5 Å². The van der Waals surface area contributed by atoms with E-state index in [9.17, 15) is 31.2 Å². The summed E-state index contributed by atoms with van der Waals surface area (Å²) in [4.78, 5) is 23.7. The molecule has 13 heteroatoms. The topological polar surface area (TPSA) is 95.6 Å². The number of rotatable bonds is 7. The van der Waals surface area contributed by atoms with Gasteiger partial charge in [-0.25, -0.2) is 8.42 Å². The maximum absolute atomic E-state index is 12.4. The lowest BCUT2D eigenvalue weighted by Crippen LogP contribution is -2.34. The summed E-state index contributed by atoms with van der Waals surface area (Å²) in [6.45, 7) is -1.94. The zero-order valence-electron chi connectivity index (χ0n) is 14.8. The summed E-state index contributed by atoms with van der Waals surface area (Å²) >= 11 is 6.59. The number of hydrogen-bond donors (Lipinski definition) is 2. The number of benzene rings is 1. The molecule has 0 fully saturated rings.